The summed E-state index contributed by atoms with van der Waals surface area (Å²) in [5.41, 5.74) is 3.14. The smallest absolute Gasteiger partial charge is 0.228 e. The van der Waals surface area contributed by atoms with Crippen LogP contribution in [-0.4, -0.2) is 23.3 Å². The van der Waals surface area contributed by atoms with E-state index in [4.69, 9.17) is 0 Å². The Morgan fingerprint density at radius 1 is 1.04 bits per heavy atom. The van der Waals surface area contributed by atoms with Gasteiger partial charge in [0.05, 0.1) is 11.8 Å². The lowest BCUT2D eigenvalue weighted by Gasteiger charge is -2.21. The van der Waals surface area contributed by atoms with E-state index in [9.17, 15) is 9.59 Å². The Hall–Kier alpha value is -2.62. The molecule has 2 aromatic carbocycles. The number of rotatable bonds is 7. The molecule has 2 atom stereocenters. The summed E-state index contributed by atoms with van der Waals surface area (Å²) in [6.45, 7) is 7.51. The minimum atomic E-state index is -0.216. The number of amides is 2. The number of hydrogen-bond acceptors (Lipinski definition) is 2. The van der Waals surface area contributed by atoms with Crippen molar-refractivity contribution in [3.8, 4) is 0 Å². The molecule has 1 aliphatic carbocycles. The zero-order chi connectivity index (χ0) is 19.4. The summed E-state index contributed by atoms with van der Waals surface area (Å²) in [5.74, 6) is 0.0820. The van der Waals surface area contributed by atoms with Crippen LogP contribution in [0.2, 0.25) is 0 Å². The van der Waals surface area contributed by atoms with E-state index in [1.54, 1.807) is 0 Å². The third kappa shape index (κ3) is 4.76. The number of nitrogens with zero attached hydrogens (tertiary/aromatic N) is 1. The monoisotopic (exact) mass is 364 g/mol. The molecule has 0 heterocycles. The molecule has 0 aliphatic heterocycles. The van der Waals surface area contributed by atoms with Gasteiger partial charge in [0.25, 0.3) is 0 Å². The van der Waals surface area contributed by atoms with Crippen LogP contribution in [0.4, 0.5) is 5.69 Å². The van der Waals surface area contributed by atoms with Crippen LogP contribution in [0.15, 0.2) is 54.6 Å². The minimum Gasteiger partial charge on any atom is -0.338 e. The highest BCUT2D eigenvalue weighted by Crippen LogP contribution is 2.41. The van der Waals surface area contributed by atoms with Gasteiger partial charge in [0, 0.05) is 18.8 Å². The fraction of sp³-hybridized carbons (Fsp3) is 0.391. The highest BCUT2D eigenvalue weighted by Gasteiger charge is 2.49. The second-order valence-electron chi connectivity index (χ2n) is 7.55. The van der Waals surface area contributed by atoms with Crippen LogP contribution in [0.5, 0.6) is 0 Å². The van der Waals surface area contributed by atoms with E-state index in [1.165, 1.54) is 5.56 Å². The van der Waals surface area contributed by atoms with Gasteiger partial charge in [-0.2, -0.15) is 0 Å². The van der Waals surface area contributed by atoms with Crippen LogP contribution in [0.25, 0.3) is 0 Å². The largest absolute Gasteiger partial charge is 0.338 e. The normalized spacial score (nSPS) is 18.2. The van der Waals surface area contributed by atoms with Crippen molar-refractivity contribution in [2.45, 2.75) is 39.7 Å². The van der Waals surface area contributed by atoms with Crippen LogP contribution in [0.3, 0.4) is 0 Å². The molecule has 142 valence electrons. The van der Waals surface area contributed by atoms with Crippen molar-refractivity contribution in [1.82, 2.24) is 4.90 Å². The summed E-state index contributed by atoms with van der Waals surface area (Å²) in [6, 6.07) is 17.9. The van der Waals surface area contributed by atoms with Gasteiger partial charge in [0.1, 0.15) is 0 Å². The molecule has 27 heavy (non-hydrogen) atoms. The maximum Gasteiger partial charge on any atom is 0.228 e. The van der Waals surface area contributed by atoms with E-state index < -0.39 is 0 Å². The number of nitrogens with one attached hydrogen (secondary N) is 1. The summed E-state index contributed by atoms with van der Waals surface area (Å²) >= 11 is 0. The van der Waals surface area contributed by atoms with Crippen molar-refractivity contribution >= 4 is 17.5 Å². The second kappa shape index (κ2) is 8.38. The third-order valence-electron chi connectivity index (χ3n) is 5.20. The van der Waals surface area contributed by atoms with Gasteiger partial charge in [-0.1, -0.05) is 56.3 Å². The van der Waals surface area contributed by atoms with Gasteiger partial charge in [0.2, 0.25) is 11.8 Å². The van der Waals surface area contributed by atoms with E-state index >= 15 is 0 Å². The first kappa shape index (κ1) is 19.2. The van der Waals surface area contributed by atoms with Crippen molar-refractivity contribution in [2.75, 3.05) is 11.9 Å². The summed E-state index contributed by atoms with van der Waals surface area (Å²) in [5, 5.41) is 2.95. The van der Waals surface area contributed by atoms with E-state index in [-0.39, 0.29) is 23.7 Å². The van der Waals surface area contributed by atoms with E-state index in [0.717, 1.165) is 11.3 Å². The van der Waals surface area contributed by atoms with Crippen LogP contribution in [0.1, 0.15) is 44.2 Å². The SMILES string of the molecule is CCN(Cc1ccccc1)C(=O)C1CC1C(=O)Nc1ccc(C(C)C)cc1. The molecule has 1 saturated carbocycles. The zero-order valence-corrected chi connectivity index (χ0v) is 16.3. The highest BCUT2D eigenvalue weighted by atomic mass is 16.2. The molecule has 0 bridgehead atoms. The van der Waals surface area contributed by atoms with Crippen molar-refractivity contribution in [1.29, 1.82) is 0 Å². The molecule has 2 aromatic rings. The predicted molar refractivity (Wildman–Crippen MR) is 108 cm³/mol. The lowest BCUT2D eigenvalue weighted by molar-refractivity contribution is -0.134. The number of benzene rings is 2. The van der Waals surface area contributed by atoms with Crippen LogP contribution in [0, 0.1) is 11.8 Å². The summed E-state index contributed by atoms with van der Waals surface area (Å²) in [7, 11) is 0. The third-order valence-corrected chi connectivity index (χ3v) is 5.20. The van der Waals surface area contributed by atoms with E-state index in [0.29, 0.717) is 25.4 Å². The predicted octanol–water partition coefficient (Wildman–Crippen LogP) is 4.43. The standard InChI is InChI=1S/C23H28N2O2/c1-4-25(15-17-8-6-5-7-9-17)23(27)21-14-20(21)22(26)24-19-12-10-18(11-13-19)16(2)3/h5-13,16,20-21H,4,14-15H2,1-3H3,(H,24,26). The molecule has 0 aromatic heterocycles. The van der Waals surface area contributed by atoms with Gasteiger partial charge < -0.3 is 10.2 Å². The Morgan fingerprint density at radius 3 is 2.30 bits per heavy atom. The highest BCUT2D eigenvalue weighted by molar-refractivity contribution is 5.99. The molecular weight excluding hydrogens is 336 g/mol. The van der Waals surface area contributed by atoms with Crippen LogP contribution >= 0.6 is 0 Å². The molecule has 2 unspecified atom stereocenters. The topological polar surface area (TPSA) is 49.4 Å². The van der Waals surface area contributed by atoms with Crippen LogP contribution < -0.4 is 5.32 Å². The molecule has 1 N–H and O–H groups in total. The Balaban J connectivity index is 1.55. The van der Waals surface area contributed by atoms with Gasteiger partial charge >= 0.3 is 0 Å². The van der Waals surface area contributed by atoms with Crippen molar-refractivity contribution in [3.05, 3.63) is 65.7 Å². The van der Waals surface area contributed by atoms with Gasteiger partial charge in [-0.3, -0.25) is 9.59 Å². The Bertz CT molecular complexity index is 784. The fourth-order valence-corrected chi connectivity index (χ4v) is 3.33. The average Bonchev–Trinajstić information content (AvgIpc) is 3.48. The molecule has 4 nitrogen and oxygen atoms in total. The van der Waals surface area contributed by atoms with Gasteiger partial charge in [-0.05, 0) is 42.5 Å². The molecule has 2 amide bonds. The van der Waals surface area contributed by atoms with Gasteiger partial charge in [0.15, 0.2) is 0 Å². The molecular formula is C23H28N2O2. The number of carbonyl (C=O) groups is 2. The Labute approximate surface area is 161 Å². The molecule has 1 aliphatic rings. The summed E-state index contributed by atoms with van der Waals surface area (Å²) in [4.78, 5) is 27.1. The number of hydrogen-bond donors (Lipinski definition) is 1. The number of anilines is 1. The molecule has 3 rings (SSSR count). The van der Waals surface area contributed by atoms with Crippen LogP contribution in [-0.2, 0) is 16.1 Å². The second-order valence-corrected chi connectivity index (χ2v) is 7.55. The lowest BCUT2D eigenvalue weighted by atomic mass is 10.0. The summed E-state index contributed by atoms with van der Waals surface area (Å²) < 4.78 is 0. The van der Waals surface area contributed by atoms with E-state index in [1.807, 2.05) is 66.4 Å². The molecule has 4 heteroatoms. The Kier molecular flexibility index (Phi) is 5.94. The quantitative estimate of drug-likeness (QED) is 0.790. The fourth-order valence-electron chi connectivity index (χ4n) is 3.33. The average molecular weight is 364 g/mol. The van der Waals surface area contributed by atoms with Crippen molar-refractivity contribution in [3.63, 3.8) is 0 Å². The van der Waals surface area contributed by atoms with Gasteiger partial charge in [-0.25, -0.2) is 0 Å². The summed E-state index contributed by atoms with van der Waals surface area (Å²) in [6.07, 6.45) is 0.639. The molecule has 1 fully saturated rings. The van der Waals surface area contributed by atoms with Gasteiger partial charge in [-0.15, -0.1) is 0 Å². The lowest BCUT2D eigenvalue weighted by Crippen LogP contribution is -2.33. The molecule has 0 radical (unpaired) electrons. The zero-order valence-electron chi connectivity index (χ0n) is 16.3. The van der Waals surface area contributed by atoms with Crippen molar-refractivity contribution < 1.29 is 9.59 Å². The minimum absolute atomic E-state index is 0.0542. The first-order valence-electron chi connectivity index (χ1n) is 9.73. The molecule has 0 saturated heterocycles. The Morgan fingerprint density at radius 2 is 1.70 bits per heavy atom. The first-order valence-corrected chi connectivity index (χ1v) is 9.73. The van der Waals surface area contributed by atoms with Crippen molar-refractivity contribution in [2.24, 2.45) is 11.8 Å². The number of carbonyl (C=O) groups excluding carboxylic acids is 2. The maximum absolute atomic E-state index is 12.8. The first-order chi connectivity index (χ1) is 13.0. The van der Waals surface area contributed by atoms with E-state index in [2.05, 4.69) is 19.2 Å². The maximum atomic E-state index is 12.8. The molecule has 0 spiro atoms.